The van der Waals surface area contributed by atoms with Crippen LogP contribution in [0.4, 0.5) is 0 Å². The van der Waals surface area contributed by atoms with E-state index in [4.69, 9.17) is 4.99 Å². The van der Waals surface area contributed by atoms with E-state index >= 15 is 0 Å². The maximum atomic E-state index is 12.4. The Bertz CT molecular complexity index is 520. The van der Waals surface area contributed by atoms with Crippen LogP contribution in [-0.2, 0) is 4.79 Å². The van der Waals surface area contributed by atoms with Crippen LogP contribution in [-0.4, -0.2) is 98.6 Å². The molecule has 2 aliphatic heterocycles. The predicted molar refractivity (Wildman–Crippen MR) is 124 cm³/mol. The second-order valence-corrected chi connectivity index (χ2v) is 9.09. The van der Waals surface area contributed by atoms with Gasteiger partial charge in [-0.2, -0.15) is 0 Å². The molecule has 0 radical (unpaired) electrons. The number of aliphatic imine (C=N–C) groups is 1. The molecule has 3 aliphatic rings. The molecule has 2 heterocycles. The van der Waals surface area contributed by atoms with Crippen LogP contribution in [0.5, 0.6) is 0 Å². The van der Waals surface area contributed by atoms with Crippen LogP contribution >= 0.6 is 0 Å². The summed E-state index contributed by atoms with van der Waals surface area (Å²) in [4.78, 5) is 24.3. The summed E-state index contributed by atoms with van der Waals surface area (Å²) in [5.74, 6) is 1.67. The van der Waals surface area contributed by atoms with Crippen molar-refractivity contribution >= 4 is 11.9 Å². The molecule has 0 unspecified atom stereocenters. The zero-order valence-electron chi connectivity index (χ0n) is 19.2. The van der Waals surface area contributed by atoms with Crippen molar-refractivity contribution in [2.45, 2.75) is 58.3 Å². The van der Waals surface area contributed by atoms with E-state index in [9.17, 15) is 4.79 Å². The second kappa shape index (κ2) is 13.2. The topological polar surface area (TPSA) is 63.2 Å². The summed E-state index contributed by atoms with van der Waals surface area (Å²) in [6.45, 7) is 13.3. The van der Waals surface area contributed by atoms with Gasteiger partial charge in [0.2, 0.25) is 5.91 Å². The van der Waals surface area contributed by atoms with Crippen molar-refractivity contribution in [1.29, 1.82) is 0 Å². The number of carbonyl (C=O) groups excluding carboxylic acids is 1. The maximum absolute atomic E-state index is 12.4. The van der Waals surface area contributed by atoms with Crippen molar-refractivity contribution in [2.75, 3.05) is 72.0 Å². The van der Waals surface area contributed by atoms with Crippen LogP contribution in [0, 0.1) is 5.92 Å². The van der Waals surface area contributed by atoms with E-state index in [0.29, 0.717) is 11.8 Å². The van der Waals surface area contributed by atoms with E-state index in [1.54, 1.807) is 0 Å². The van der Waals surface area contributed by atoms with Gasteiger partial charge < -0.3 is 20.4 Å². The Morgan fingerprint density at radius 3 is 2.20 bits per heavy atom. The van der Waals surface area contributed by atoms with E-state index in [1.165, 1.54) is 51.7 Å². The monoisotopic (exact) mass is 420 g/mol. The zero-order chi connectivity index (χ0) is 21.0. The summed E-state index contributed by atoms with van der Waals surface area (Å²) in [5, 5.41) is 6.86. The normalized spacial score (nSPS) is 22.4. The van der Waals surface area contributed by atoms with Gasteiger partial charge in [-0.15, -0.1) is 0 Å². The molecule has 0 atom stereocenters. The Balaban J connectivity index is 1.28. The minimum atomic E-state index is 0.330. The van der Waals surface area contributed by atoms with Crippen LogP contribution in [0.25, 0.3) is 0 Å². The molecule has 7 heteroatoms. The lowest BCUT2D eigenvalue weighted by molar-refractivity contribution is -0.139. The number of piperazine rings is 1. The summed E-state index contributed by atoms with van der Waals surface area (Å²) >= 11 is 0. The van der Waals surface area contributed by atoms with Gasteiger partial charge in [0.1, 0.15) is 0 Å². The average molecular weight is 421 g/mol. The largest absolute Gasteiger partial charge is 0.357 e. The predicted octanol–water partition coefficient (Wildman–Crippen LogP) is 1.75. The third kappa shape index (κ3) is 7.73. The molecule has 7 nitrogen and oxygen atoms in total. The van der Waals surface area contributed by atoms with E-state index in [-0.39, 0.29) is 0 Å². The molecule has 1 saturated carbocycles. The Morgan fingerprint density at radius 1 is 0.867 bits per heavy atom. The standard InChI is InChI=1S/C23H44N6O/c1-2-24-23(25-11-8-15-27-13-5-3-4-6-14-27)26-12-16-28-17-19-29(20-18-28)22(30)21-9-7-10-21/h21H,2-20H2,1H3,(H2,24,25,26). The van der Waals surface area contributed by atoms with E-state index in [1.807, 2.05) is 0 Å². The molecule has 2 saturated heterocycles. The van der Waals surface area contributed by atoms with Gasteiger partial charge >= 0.3 is 0 Å². The zero-order valence-corrected chi connectivity index (χ0v) is 19.2. The van der Waals surface area contributed by atoms with Gasteiger partial charge in [-0.25, -0.2) is 0 Å². The molecular weight excluding hydrogens is 376 g/mol. The van der Waals surface area contributed by atoms with Crippen LogP contribution in [0.3, 0.4) is 0 Å². The first-order valence-electron chi connectivity index (χ1n) is 12.5. The first kappa shape index (κ1) is 23.3. The van der Waals surface area contributed by atoms with Crippen molar-refractivity contribution < 1.29 is 4.79 Å². The molecule has 172 valence electrons. The molecule has 3 rings (SSSR count). The lowest BCUT2D eigenvalue weighted by Gasteiger charge is -2.38. The summed E-state index contributed by atoms with van der Waals surface area (Å²) in [5.41, 5.74) is 0. The van der Waals surface area contributed by atoms with Crippen molar-refractivity contribution in [3.63, 3.8) is 0 Å². The third-order valence-electron chi connectivity index (χ3n) is 6.80. The molecule has 1 amide bonds. The molecule has 0 aromatic rings. The van der Waals surface area contributed by atoms with Gasteiger partial charge in [-0.1, -0.05) is 19.3 Å². The van der Waals surface area contributed by atoms with Crippen LogP contribution in [0.1, 0.15) is 58.3 Å². The molecule has 2 N–H and O–H groups in total. The highest BCUT2D eigenvalue weighted by molar-refractivity contribution is 5.80. The first-order chi connectivity index (χ1) is 14.8. The van der Waals surface area contributed by atoms with Gasteiger partial charge in [0.05, 0.1) is 0 Å². The fourth-order valence-electron chi connectivity index (χ4n) is 4.62. The lowest BCUT2D eigenvalue weighted by Crippen LogP contribution is -2.52. The van der Waals surface area contributed by atoms with Gasteiger partial charge in [0, 0.05) is 58.3 Å². The Kier molecular flexibility index (Phi) is 10.2. The summed E-state index contributed by atoms with van der Waals surface area (Å²) in [6.07, 6.45) is 10.1. The number of carbonyl (C=O) groups is 1. The number of guanidine groups is 1. The molecule has 30 heavy (non-hydrogen) atoms. The van der Waals surface area contributed by atoms with Gasteiger partial charge in [0.25, 0.3) is 0 Å². The second-order valence-electron chi connectivity index (χ2n) is 9.09. The van der Waals surface area contributed by atoms with Gasteiger partial charge in [-0.3, -0.25) is 14.7 Å². The average Bonchev–Trinajstić information content (AvgIpc) is 2.99. The van der Waals surface area contributed by atoms with E-state index < -0.39 is 0 Å². The molecule has 0 aromatic heterocycles. The van der Waals surface area contributed by atoms with Crippen LogP contribution in [0.15, 0.2) is 4.99 Å². The number of rotatable bonds is 9. The van der Waals surface area contributed by atoms with Crippen molar-refractivity contribution in [1.82, 2.24) is 25.3 Å². The Hall–Kier alpha value is -1.34. The van der Waals surface area contributed by atoms with Gasteiger partial charge in [0.15, 0.2) is 5.96 Å². The molecule has 3 fully saturated rings. The van der Waals surface area contributed by atoms with Crippen molar-refractivity contribution in [3.05, 3.63) is 0 Å². The Morgan fingerprint density at radius 2 is 1.57 bits per heavy atom. The highest BCUT2D eigenvalue weighted by Crippen LogP contribution is 2.28. The number of nitrogens with one attached hydrogen (secondary N) is 2. The molecular formula is C23H44N6O. The quantitative estimate of drug-likeness (QED) is 0.338. The molecule has 0 spiro atoms. The summed E-state index contributed by atoms with van der Waals surface area (Å²) < 4.78 is 0. The van der Waals surface area contributed by atoms with Crippen molar-refractivity contribution in [2.24, 2.45) is 10.9 Å². The van der Waals surface area contributed by atoms with E-state index in [2.05, 4.69) is 32.3 Å². The molecule has 1 aliphatic carbocycles. The van der Waals surface area contributed by atoms with Crippen LogP contribution in [0.2, 0.25) is 0 Å². The fraction of sp³-hybridized carbons (Fsp3) is 0.913. The highest BCUT2D eigenvalue weighted by Gasteiger charge is 2.30. The van der Waals surface area contributed by atoms with Gasteiger partial charge in [-0.05, 0) is 58.7 Å². The molecule has 0 bridgehead atoms. The first-order valence-corrected chi connectivity index (χ1v) is 12.5. The fourth-order valence-corrected chi connectivity index (χ4v) is 4.62. The Labute approximate surface area is 183 Å². The van der Waals surface area contributed by atoms with Crippen LogP contribution < -0.4 is 10.6 Å². The number of nitrogens with zero attached hydrogens (tertiary/aromatic N) is 4. The smallest absolute Gasteiger partial charge is 0.225 e. The molecule has 0 aromatic carbocycles. The number of hydrogen-bond acceptors (Lipinski definition) is 4. The van der Waals surface area contributed by atoms with Crippen molar-refractivity contribution in [3.8, 4) is 0 Å². The lowest BCUT2D eigenvalue weighted by atomic mass is 9.84. The number of hydrogen-bond donors (Lipinski definition) is 2. The highest BCUT2D eigenvalue weighted by atomic mass is 16.2. The number of likely N-dealkylation sites (tertiary alicyclic amines) is 1. The minimum absolute atomic E-state index is 0.330. The number of amides is 1. The summed E-state index contributed by atoms with van der Waals surface area (Å²) in [6, 6.07) is 0. The minimum Gasteiger partial charge on any atom is -0.357 e. The maximum Gasteiger partial charge on any atom is 0.225 e. The third-order valence-corrected chi connectivity index (χ3v) is 6.80. The summed E-state index contributed by atoms with van der Waals surface area (Å²) in [7, 11) is 0. The SMILES string of the molecule is CCNC(=NCCCN1CCCCCC1)NCCN1CCN(C(=O)C2CCC2)CC1. The van der Waals surface area contributed by atoms with E-state index in [0.717, 1.165) is 77.6 Å².